The Bertz CT molecular complexity index is 1930. The molecule has 0 aliphatic carbocycles. The lowest BCUT2D eigenvalue weighted by Crippen LogP contribution is -2.43. The number of halogens is 1. The van der Waals surface area contributed by atoms with E-state index in [2.05, 4.69) is 0 Å². The van der Waals surface area contributed by atoms with E-state index in [1.165, 1.54) is 11.3 Å². The van der Waals surface area contributed by atoms with Gasteiger partial charge in [0.1, 0.15) is 0 Å². The van der Waals surface area contributed by atoms with Crippen LogP contribution in [-0.2, 0) is 4.79 Å². The highest BCUT2D eigenvalue weighted by molar-refractivity contribution is 7.07. The number of fused-ring (bicyclic) bond motifs is 1. The molecule has 0 bridgehead atoms. The smallest absolute Gasteiger partial charge is 0.335 e. The van der Waals surface area contributed by atoms with Gasteiger partial charge in [-0.2, -0.15) is 0 Å². The molecule has 216 valence electrons. The predicted molar refractivity (Wildman–Crippen MR) is 165 cm³/mol. The normalized spacial score (nSPS) is 15.0. The van der Waals surface area contributed by atoms with E-state index in [0.717, 1.165) is 28.2 Å². The molecule has 0 fully saturated rings. The highest BCUT2D eigenvalue weighted by Crippen LogP contribution is 2.32. The number of amides is 1. The molecule has 3 heterocycles. The van der Waals surface area contributed by atoms with E-state index in [1.54, 1.807) is 39.8 Å². The van der Waals surface area contributed by atoms with Crippen molar-refractivity contribution in [1.82, 2.24) is 14.0 Å². The van der Waals surface area contributed by atoms with Gasteiger partial charge in [-0.1, -0.05) is 41.1 Å². The SMILES string of the molecule is CCN(CC)C(=O)C1=C(C)N=c2s/c(=C/c3cc(C)n(-c4cccc(C(=O)O)c4)c3C)c(=O)n2[C@@H]1c1ccc(Cl)cc1. The molecule has 4 aromatic rings. The van der Waals surface area contributed by atoms with E-state index in [-0.39, 0.29) is 17.0 Å². The maximum Gasteiger partial charge on any atom is 0.335 e. The van der Waals surface area contributed by atoms with Crippen molar-refractivity contribution in [2.24, 2.45) is 4.99 Å². The summed E-state index contributed by atoms with van der Waals surface area (Å²) in [6.45, 7) is 10.6. The van der Waals surface area contributed by atoms with Crippen molar-refractivity contribution in [3.63, 3.8) is 0 Å². The van der Waals surface area contributed by atoms with E-state index < -0.39 is 12.0 Å². The average Bonchev–Trinajstić information content (AvgIpc) is 3.42. The summed E-state index contributed by atoms with van der Waals surface area (Å²) >= 11 is 7.47. The number of nitrogens with zero attached hydrogens (tertiary/aromatic N) is 4. The van der Waals surface area contributed by atoms with Gasteiger partial charge in [-0.3, -0.25) is 14.2 Å². The number of allylic oxidation sites excluding steroid dienone is 1. The van der Waals surface area contributed by atoms with Gasteiger partial charge in [0.2, 0.25) is 0 Å². The van der Waals surface area contributed by atoms with Gasteiger partial charge in [-0.15, -0.1) is 0 Å². The number of rotatable bonds is 7. The molecular weight excluding hydrogens is 572 g/mol. The average molecular weight is 603 g/mol. The third-order valence-corrected chi connectivity index (χ3v) is 8.83. The topological polar surface area (TPSA) is 96.9 Å². The Kier molecular flexibility index (Phi) is 8.08. The molecule has 0 radical (unpaired) electrons. The third-order valence-electron chi connectivity index (χ3n) is 7.60. The molecular formula is C32H31ClN4O4S. The standard InChI is InChI=1S/C32H31ClN4O4S/c1-6-35(7-2)30(39)27-19(4)34-32-37(28(27)21-11-13-24(33)14-12-21)29(38)26(42-32)17-23-15-18(3)36(20(23)5)25-10-8-9-22(16-25)31(40)41/h8-17,28H,6-7H2,1-5H3,(H,40,41)/b26-17+/t28-/m1/s1. The molecule has 1 amide bonds. The van der Waals surface area contributed by atoms with Gasteiger partial charge in [-0.05, 0) is 88.2 Å². The minimum Gasteiger partial charge on any atom is -0.478 e. The Balaban J connectivity index is 1.68. The first-order valence-electron chi connectivity index (χ1n) is 13.7. The summed E-state index contributed by atoms with van der Waals surface area (Å²) < 4.78 is 4.06. The van der Waals surface area contributed by atoms with Crippen molar-refractivity contribution >= 4 is 40.9 Å². The first-order valence-corrected chi connectivity index (χ1v) is 14.8. The summed E-state index contributed by atoms with van der Waals surface area (Å²) in [6, 6.07) is 15.3. The van der Waals surface area contributed by atoms with Gasteiger partial charge in [0, 0.05) is 35.2 Å². The molecule has 0 saturated carbocycles. The van der Waals surface area contributed by atoms with Gasteiger partial charge < -0.3 is 14.6 Å². The van der Waals surface area contributed by atoms with Gasteiger partial charge in [0.15, 0.2) is 4.80 Å². The van der Waals surface area contributed by atoms with E-state index in [1.807, 2.05) is 69.5 Å². The fraction of sp³-hybridized carbons (Fsp3) is 0.250. The summed E-state index contributed by atoms with van der Waals surface area (Å²) in [7, 11) is 0. The zero-order valence-corrected chi connectivity index (χ0v) is 25.6. The lowest BCUT2D eigenvalue weighted by Gasteiger charge is -2.29. The number of aryl methyl sites for hydroxylation is 1. The Morgan fingerprint density at radius 3 is 2.40 bits per heavy atom. The van der Waals surface area contributed by atoms with Crippen LogP contribution in [0.25, 0.3) is 11.8 Å². The number of carboxylic acid groups (broad SMARTS) is 1. The van der Waals surface area contributed by atoms with Crippen LogP contribution in [0, 0.1) is 13.8 Å². The number of carbonyl (C=O) groups is 2. The Morgan fingerprint density at radius 1 is 1.07 bits per heavy atom. The van der Waals surface area contributed by atoms with Crippen LogP contribution in [0.15, 0.2) is 75.7 Å². The van der Waals surface area contributed by atoms with Crippen LogP contribution in [0.5, 0.6) is 0 Å². The Morgan fingerprint density at radius 2 is 1.76 bits per heavy atom. The molecule has 1 atom stereocenters. The van der Waals surface area contributed by atoms with E-state index in [4.69, 9.17) is 16.6 Å². The molecule has 1 aliphatic heterocycles. The molecule has 0 unspecified atom stereocenters. The van der Waals surface area contributed by atoms with Crippen molar-refractivity contribution in [2.45, 2.75) is 40.7 Å². The van der Waals surface area contributed by atoms with Crippen molar-refractivity contribution in [1.29, 1.82) is 0 Å². The molecule has 0 saturated heterocycles. The van der Waals surface area contributed by atoms with Crippen LogP contribution in [-0.4, -0.2) is 44.1 Å². The number of aromatic carboxylic acids is 1. The maximum atomic E-state index is 14.1. The Labute approximate surface area is 252 Å². The Hall–Kier alpha value is -4.21. The number of hydrogen-bond acceptors (Lipinski definition) is 5. The summed E-state index contributed by atoms with van der Waals surface area (Å²) in [6.07, 6.45) is 1.84. The number of likely N-dealkylation sites (N-methyl/N-ethyl adjacent to an activating group) is 1. The van der Waals surface area contributed by atoms with Crippen LogP contribution in [0.1, 0.15) is 59.7 Å². The zero-order valence-electron chi connectivity index (χ0n) is 24.0. The largest absolute Gasteiger partial charge is 0.478 e. The van der Waals surface area contributed by atoms with Gasteiger partial charge in [0.25, 0.3) is 11.5 Å². The van der Waals surface area contributed by atoms with E-state index >= 15 is 0 Å². The first-order chi connectivity index (χ1) is 20.0. The maximum absolute atomic E-state index is 14.1. The molecule has 1 aliphatic rings. The molecule has 8 nitrogen and oxygen atoms in total. The van der Waals surface area contributed by atoms with Crippen molar-refractivity contribution in [2.75, 3.05) is 13.1 Å². The molecule has 2 aromatic heterocycles. The minimum absolute atomic E-state index is 0.150. The highest BCUT2D eigenvalue weighted by Gasteiger charge is 2.34. The first kappa shape index (κ1) is 29.3. The molecule has 10 heteroatoms. The summed E-state index contributed by atoms with van der Waals surface area (Å²) in [5.74, 6) is -1.15. The monoisotopic (exact) mass is 602 g/mol. The van der Waals surface area contributed by atoms with Crippen molar-refractivity contribution in [3.05, 3.63) is 119 Å². The lowest BCUT2D eigenvalue weighted by molar-refractivity contribution is -0.127. The number of hydrogen-bond donors (Lipinski definition) is 1. The minimum atomic E-state index is -0.995. The molecule has 2 aromatic carbocycles. The molecule has 5 rings (SSSR count). The quantitative estimate of drug-likeness (QED) is 0.327. The van der Waals surface area contributed by atoms with Crippen molar-refractivity contribution < 1.29 is 14.7 Å². The number of benzene rings is 2. The van der Waals surface area contributed by atoms with Crippen LogP contribution < -0.4 is 14.9 Å². The van der Waals surface area contributed by atoms with Gasteiger partial charge in [-0.25, -0.2) is 9.79 Å². The van der Waals surface area contributed by atoms with Crippen LogP contribution in [0.3, 0.4) is 0 Å². The van der Waals surface area contributed by atoms with E-state index in [0.29, 0.717) is 38.7 Å². The summed E-state index contributed by atoms with van der Waals surface area (Å²) in [5, 5.41) is 10.0. The van der Waals surface area contributed by atoms with Gasteiger partial charge in [0.05, 0.1) is 27.4 Å². The second-order valence-electron chi connectivity index (χ2n) is 10.1. The van der Waals surface area contributed by atoms with Crippen LogP contribution in [0.4, 0.5) is 0 Å². The van der Waals surface area contributed by atoms with E-state index in [9.17, 15) is 19.5 Å². The summed E-state index contributed by atoms with van der Waals surface area (Å²) in [4.78, 5) is 46.4. The molecule has 0 spiro atoms. The predicted octanol–water partition coefficient (Wildman–Crippen LogP) is 4.86. The third kappa shape index (κ3) is 5.14. The number of carbonyl (C=O) groups excluding carboxylic acids is 1. The number of thiazole rings is 1. The second kappa shape index (κ2) is 11.6. The summed E-state index contributed by atoms with van der Waals surface area (Å²) in [5.41, 5.74) is 5.09. The number of aromatic nitrogens is 2. The fourth-order valence-corrected chi connectivity index (χ4v) is 6.65. The molecule has 1 N–H and O–H groups in total. The number of carboxylic acids is 1. The van der Waals surface area contributed by atoms with Gasteiger partial charge >= 0.3 is 5.97 Å². The molecule has 42 heavy (non-hydrogen) atoms. The second-order valence-corrected chi connectivity index (χ2v) is 11.6. The van der Waals surface area contributed by atoms with Crippen LogP contribution in [0.2, 0.25) is 5.02 Å². The fourth-order valence-electron chi connectivity index (χ4n) is 5.49. The highest BCUT2D eigenvalue weighted by atomic mass is 35.5. The van der Waals surface area contributed by atoms with Crippen molar-refractivity contribution in [3.8, 4) is 5.69 Å². The van der Waals surface area contributed by atoms with Crippen LogP contribution >= 0.6 is 22.9 Å². The lowest BCUT2D eigenvalue weighted by atomic mass is 9.94. The zero-order chi connectivity index (χ0) is 30.3.